The van der Waals surface area contributed by atoms with Gasteiger partial charge in [0.1, 0.15) is 5.75 Å². The van der Waals surface area contributed by atoms with E-state index in [0.717, 1.165) is 51.0 Å². The number of carbonyl (C=O) groups excluding carboxylic acids is 1. The molecule has 1 amide bonds. The zero-order chi connectivity index (χ0) is 13.1. The predicted molar refractivity (Wildman–Crippen MR) is 74.3 cm³/mol. The minimum atomic E-state index is 0.201. The minimum Gasteiger partial charge on any atom is -0.493 e. The highest BCUT2D eigenvalue weighted by Gasteiger charge is 2.20. The van der Waals surface area contributed by atoms with E-state index in [2.05, 4.69) is 23.5 Å². The summed E-state index contributed by atoms with van der Waals surface area (Å²) in [6.45, 7) is 1.66. The first-order valence-corrected chi connectivity index (χ1v) is 7.35. The molecule has 0 spiro atoms. The van der Waals surface area contributed by atoms with Gasteiger partial charge in [0.2, 0.25) is 5.91 Å². The fourth-order valence-electron chi connectivity index (χ4n) is 3.01. The maximum absolute atomic E-state index is 11.9. The normalized spacial score (nSPS) is 22.3. The molecule has 1 aromatic rings. The molecule has 0 saturated carbocycles. The second-order valence-corrected chi connectivity index (χ2v) is 5.56. The van der Waals surface area contributed by atoms with Gasteiger partial charge in [-0.05, 0) is 42.9 Å². The molecule has 3 nitrogen and oxygen atoms in total. The third kappa shape index (κ3) is 2.91. The largest absolute Gasteiger partial charge is 0.493 e. The minimum absolute atomic E-state index is 0.201. The van der Waals surface area contributed by atoms with Gasteiger partial charge in [-0.1, -0.05) is 18.6 Å². The Bertz CT molecular complexity index is 470. The third-order valence-electron chi connectivity index (χ3n) is 4.18. The van der Waals surface area contributed by atoms with Crippen LogP contribution in [0.2, 0.25) is 0 Å². The molecule has 1 aromatic carbocycles. The summed E-state index contributed by atoms with van der Waals surface area (Å²) in [7, 11) is 0. The summed E-state index contributed by atoms with van der Waals surface area (Å²) in [5, 5.41) is 3.01. The zero-order valence-corrected chi connectivity index (χ0v) is 11.3. The van der Waals surface area contributed by atoms with E-state index in [-0.39, 0.29) is 11.8 Å². The van der Waals surface area contributed by atoms with Crippen molar-refractivity contribution in [3.05, 3.63) is 29.3 Å². The Hall–Kier alpha value is -1.51. The lowest BCUT2D eigenvalue weighted by molar-refractivity contribution is -0.124. The van der Waals surface area contributed by atoms with Gasteiger partial charge in [0.15, 0.2) is 0 Å². The Kier molecular flexibility index (Phi) is 3.72. The van der Waals surface area contributed by atoms with Crippen molar-refractivity contribution in [2.24, 2.45) is 5.92 Å². The SMILES string of the molecule is O=C1NCCCCC1CCc1ccc2c(c1)CCO2. The van der Waals surface area contributed by atoms with Crippen molar-refractivity contribution in [1.82, 2.24) is 5.32 Å². The van der Waals surface area contributed by atoms with Gasteiger partial charge >= 0.3 is 0 Å². The number of hydrogen-bond acceptors (Lipinski definition) is 2. The molecule has 0 radical (unpaired) electrons. The summed E-state index contributed by atoms with van der Waals surface area (Å²) >= 11 is 0. The van der Waals surface area contributed by atoms with Crippen LogP contribution in [-0.4, -0.2) is 19.1 Å². The molecule has 3 rings (SSSR count). The van der Waals surface area contributed by atoms with Gasteiger partial charge < -0.3 is 10.1 Å². The van der Waals surface area contributed by atoms with E-state index in [0.29, 0.717) is 0 Å². The quantitative estimate of drug-likeness (QED) is 0.905. The molecular weight excluding hydrogens is 238 g/mol. The molecular formula is C16H21NO2. The van der Waals surface area contributed by atoms with Crippen LogP contribution in [-0.2, 0) is 17.6 Å². The fraction of sp³-hybridized carbons (Fsp3) is 0.562. The number of ether oxygens (including phenoxy) is 1. The number of nitrogens with one attached hydrogen (secondary N) is 1. The van der Waals surface area contributed by atoms with Gasteiger partial charge in [0.05, 0.1) is 6.61 Å². The second-order valence-electron chi connectivity index (χ2n) is 5.56. The van der Waals surface area contributed by atoms with E-state index in [4.69, 9.17) is 4.74 Å². The van der Waals surface area contributed by atoms with Crippen LogP contribution in [0, 0.1) is 5.92 Å². The summed E-state index contributed by atoms with van der Waals surface area (Å²) in [6.07, 6.45) is 6.31. The van der Waals surface area contributed by atoms with Gasteiger partial charge in [0.25, 0.3) is 0 Å². The molecule has 102 valence electrons. The lowest BCUT2D eigenvalue weighted by Gasteiger charge is -2.13. The van der Waals surface area contributed by atoms with Gasteiger partial charge in [-0.15, -0.1) is 0 Å². The van der Waals surface area contributed by atoms with Crippen LogP contribution >= 0.6 is 0 Å². The molecule has 0 aromatic heterocycles. The molecule has 0 aliphatic carbocycles. The number of amides is 1. The summed E-state index contributed by atoms with van der Waals surface area (Å²) in [4.78, 5) is 11.9. The first-order valence-electron chi connectivity index (χ1n) is 7.35. The van der Waals surface area contributed by atoms with E-state index in [1.54, 1.807) is 0 Å². The van der Waals surface area contributed by atoms with Gasteiger partial charge in [0, 0.05) is 18.9 Å². The Labute approximate surface area is 114 Å². The molecule has 1 N–H and O–H groups in total. The van der Waals surface area contributed by atoms with E-state index in [1.165, 1.54) is 17.5 Å². The maximum atomic E-state index is 11.9. The van der Waals surface area contributed by atoms with Crippen molar-refractivity contribution in [1.29, 1.82) is 0 Å². The molecule has 0 bridgehead atoms. The van der Waals surface area contributed by atoms with E-state index < -0.39 is 0 Å². The topological polar surface area (TPSA) is 38.3 Å². The van der Waals surface area contributed by atoms with Crippen LogP contribution < -0.4 is 10.1 Å². The van der Waals surface area contributed by atoms with Crippen molar-refractivity contribution >= 4 is 5.91 Å². The number of benzene rings is 1. The first kappa shape index (κ1) is 12.5. The van der Waals surface area contributed by atoms with Crippen molar-refractivity contribution in [2.75, 3.05) is 13.2 Å². The summed E-state index contributed by atoms with van der Waals surface area (Å²) in [5.41, 5.74) is 2.66. The molecule has 2 aliphatic rings. The van der Waals surface area contributed by atoms with Crippen LogP contribution in [0.3, 0.4) is 0 Å². The summed E-state index contributed by atoms with van der Waals surface area (Å²) < 4.78 is 5.52. The van der Waals surface area contributed by atoms with Gasteiger partial charge in [-0.2, -0.15) is 0 Å². The Morgan fingerprint density at radius 3 is 3.21 bits per heavy atom. The first-order chi connectivity index (χ1) is 9.33. The highest BCUT2D eigenvalue weighted by molar-refractivity contribution is 5.78. The maximum Gasteiger partial charge on any atom is 0.223 e. The Balaban J connectivity index is 1.60. The number of fused-ring (bicyclic) bond motifs is 1. The van der Waals surface area contributed by atoms with Gasteiger partial charge in [-0.3, -0.25) is 4.79 Å². The third-order valence-corrected chi connectivity index (χ3v) is 4.18. The van der Waals surface area contributed by atoms with Crippen LogP contribution in [0.5, 0.6) is 5.75 Å². The van der Waals surface area contributed by atoms with E-state index in [9.17, 15) is 4.79 Å². The molecule has 1 unspecified atom stereocenters. The fourth-order valence-corrected chi connectivity index (χ4v) is 3.01. The lowest BCUT2D eigenvalue weighted by Crippen LogP contribution is -2.29. The molecule has 2 aliphatic heterocycles. The summed E-state index contributed by atoms with van der Waals surface area (Å²) in [5.74, 6) is 1.49. The molecule has 3 heteroatoms. The van der Waals surface area contributed by atoms with Gasteiger partial charge in [-0.25, -0.2) is 0 Å². The van der Waals surface area contributed by atoms with Crippen LogP contribution in [0.1, 0.15) is 36.8 Å². The number of hydrogen-bond donors (Lipinski definition) is 1. The van der Waals surface area contributed by atoms with Crippen molar-refractivity contribution < 1.29 is 9.53 Å². The highest BCUT2D eigenvalue weighted by atomic mass is 16.5. The molecule has 2 heterocycles. The number of rotatable bonds is 3. The number of aryl methyl sites for hydroxylation is 1. The molecule has 19 heavy (non-hydrogen) atoms. The molecule has 1 saturated heterocycles. The Morgan fingerprint density at radius 1 is 1.32 bits per heavy atom. The predicted octanol–water partition coefficient (Wildman–Crippen LogP) is 2.47. The van der Waals surface area contributed by atoms with Crippen molar-refractivity contribution in [2.45, 2.75) is 38.5 Å². The van der Waals surface area contributed by atoms with Crippen molar-refractivity contribution in [3.63, 3.8) is 0 Å². The number of carbonyl (C=O) groups is 1. The van der Waals surface area contributed by atoms with E-state index >= 15 is 0 Å². The molecule has 1 atom stereocenters. The Morgan fingerprint density at radius 2 is 2.26 bits per heavy atom. The van der Waals surface area contributed by atoms with Crippen molar-refractivity contribution in [3.8, 4) is 5.75 Å². The van der Waals surface area contributed by atoms with Crippen LogP contribution in [0.25, 0.3) is 0 Å². The smallest absolute Gasteiger partial charge is 0.223 e. The molecule has 1 fully saturated rings. The average Bonchev–Trinajstić information content (AvgIpc) is 2.79. The second kappa shape index (κ2) is 5.64. The lowest BCUT2D eigenvalue weighted by atomic mass is 9.94. The zero-order valence-electron chi connectivity index (χ0n) is 11.3. The van der Waals surface area contributed by atoms with Crippen LogP contribution in [0.4, 0.5) is 0 Å². The monoisotopic (exact) mass is 259 g/mol. The average molecular weight is 259 g/mol. The highest BCUT2D eigenvalue weighted by Crippen LogP contribution is 2.27. The summed E-state index contributed by atoms with van der Waals surface area (Å²) in [6, 6.07) is 6.46. The van der Waals surface area contributed by atoms with Crippen LogP contribution in [0.15, 0.2) is 18.2 Å². The standard InChI is InChI=1S/C16H21NO2/c18-16-13(3-1-2-9-17-16)6-4-12-5-7-15-14(11-12)8-10-19-15/h5,7,11,13H,1-4,6,8-10H2,(H,17,18). The van der Waals surface area contributed by atoms with E-state index in [1.807, 2.05) is 0 Å².